The standard InChI is InChI=1S/C17H22FNO3/c1-22-17(21)15(10-13-6-8-14(18)9-7-13)19-16(20)11-12-4-2-3-5-12/h6-9,12,15H,2-5,10-11H2,1H3,(H,19,20)/t15-/m0/s1. The molecule has 0 radical (unpaired) electrons. The van der Waals surface area contributed by atoms with E-state index in [1.165, 1.54) is 32.1 Å². The van der Waals surface area contributed by atoms with Crippen molar-refractivity contribution in [2.45, 2.75) is 44.6 Å². The first-order valence-corrected chi connectivity index (χ1v) is 7.70. The van der Waals surface area contributed by atoms with Crippen LogP contribution in [0.5, 0.6) is 0 Å². The lowest BCUT2D eigenvalue weighted by Gasteiger charge is -2.18. The van der Waals surface area contributed by atoms with E-state index in [1.54, 1.807) is 12.1 Å². The summed E-state index contributed by atoms with van der Waals surface area (Å²) < 4.78 is 17.7. The average molecular weight is 307 g/mol. The summed E-state index contributed by atoms with van der Waals surface area (Å²) in [6.45, 7) is 0. The van der Waals surface area contributed by atoms with E-state index < -0.39 is 12.0 Å². The summed E-state index contributed by atoms with van der Waals surface area (Å²) in [5, 5.41) is 2.75. The highest BCUT2D eigenvalue weighted by Crippen LogP contribution is 2.27. The molecule has 1 aliphatic carbocycles. The van der Waals surface area contributed by atoms with Crippen LogP contribution in [-0.2, 0) is 20.7 Å². The number of benzene rings is 1. The predicted molar refractivity (Wildman–Crippen MR) is 80.6 cm³/mol. The van der Waals surface area contributed by atoms with Crippen LogP contribution < -0.4 is 5.32 Å². The van der Waals surface area contributed by atoms with Crippen LogP contribution in [0.2, 0.25) is 0 Å². The minimum atomic E-state index is -0.732. The van der Waals surface area contributed by atoms with Crippen molar-refractivity contribution < 1.29 is 18.7 Å². The molecule has 1 atom stereocenters. The Hall–Kier alpha value is -1.91. The molecule has 22 heavy (non-hydrogen) atoms. The van der Waals surface area contributed by atoms with Gasteiger partial charge in [0.2, 0.25) is 5.91 Å². The number of carbonyl (C=O) groups is 2. The molecule has 0 unspecified atom stereocenters. The molecule has 1 saturated carbocycles. The fourth-order valence-electron chi connectivity index (χ4n) is 2.92. The largest absolute Gasteiger partial charge is 0.467 e. The Morgan fingerprint density at radius 2 is 1.91 bits per heavy atom. The van der Waals surface area contributed by atoms with E-state index in [1.807, 2.05) is 0 Å². The summed E-state index contributed by atoms with van der Waals surface area (Å²) >= 11 is 0. The fourth-order valence-corrected chi connectivity index (χ4v) is 2.92. The highest BCUT2D eigenvalue weighted by atomic mass is 19.1. The molecule has 5 heteroatoms. The van der Waals surface area contributed by atoms with E-state index in [2.05, 4.69) is 5.32 Å². The molecule has 120 valence electrons. The van der Waals surface area contributed by atoms with Crippen molar-refractivity contribution in [2.75, 3.05) is 7.11 Å². The molecule has 1 amide bonds. The topological polar surface area (TPSA) is 55.4 Å². The zero-order valence-corrected chi connectivity index (χ0v) is 12.8. The Morgan fingerprint density at radius 1 is 1.27 bits per heavy atom. The average Bonchev–Trinajstić information content (AvgIpc) is 3.00. The number of esters is 1. The van der Waals surface area contributed by atoms with Crippen LogP contribution in [0.3, 0.4) is 0 Å². The monoisotopic (exact) mass is 307 g/mol. The van der Waals surface area contributed by atoms with E-state index in [0.29, 0.717) is 18.8 Å². The molecule has 2 rings (SSSR count). The first-order valence-electron chi connectivity index (χ1n) is 7.70. The minimum absolute atomic E-state index is 0.121. The molecule has 0 spiro atoms. The van der Waals surface area contributed by atoms with Gasteiger partial charge in [-0.3, -0.25) is 4.79 Å². The van der Waals surface area contributed by atoms with Gasteiger partial charge < -0.3 is 10.1 Å². The van der Waals surface area contributed by atoms with Crippen LogP contribution in [0.4, 0.5) is 4.39 Å². The second-order valence-corrected chi connectivity index (χ2v) is 5.83. The van der Waals surface area contributed by atoms with Gasteiger partial charge in [0.1, 0.15) is 11.9 Å². The Bertz CT molecular complexity index is 509. The third kappa shape index (κ3) is 4.83. The lowest BCUT2D eigenvalue weighted by atomic mass is 10.0. The van der Waals surface area contributed by atoms with Crippen molar-refractivity contribution >= 4 is 11.9 Å². The molecule has 1 aromatic carbocycles. The van der Waals surface area contributed by atoms with Gasteiger partial charge >= 0.3 is 5.97 Å². The number of amides is 1. The lowest BCUT2D eigenvalue weighted by Crippen LogP contribution is -2.43. The lowest BCUT2D eigenvalue weighted by molar-refractivity contribution is -0.145. The predicted octanol–water partition coefficient (Wildman–Crippen LogP) is 2.61. The smallest absolute Gasteiger partial charge is 0.328 e. The molecule has 1 fully saturated rings. The summed E-state index contributed by atoms with van der Waals surface area (Å²) in [6.07, 6.45) is 5.25. The number of rotatable bonds is 6. The summed E-state index contributed by atoms with van der Waals surface area (Å²) in [6, 6.07) is 5.15. The molecule has 1 N–H and O–H groups in total. The van der Waals surface area contributed by atoms with E-state index >= 15 is 0 Å². The van der Waals surface area contributed by atoms with Crippen LogP contribution in [-0.4, -0.2) is 25.0 Å². The van der Waals surface area contributed by atoms with Gasteiger partial charge in [0.15, 0.2) is 0 Å². The summed E-state index contributed by atoms with van der Waals surface area (Å²) in [5.41, 5.74) is 0.776. The molecule has 1 aromatic rings. The quantitative estimate of drug-likeness (QED) is 0.822. The fraction of sp³-hybridized carbons (Fsp3) is 0.529. The van der Waals surface area contributed by atoms with Gasteiger partial charge in [-0.25, -0.2) is 9.18 Å². The van der Waals surface area contributed by atoms with Crippen LogP contribution in [0.25, 0.3) is 0 Å². The Labute approximate surface area is 130 Å². The van der Waals surface area contributed by atoms with Gasteiger partial charge in [-0.05, 0) is 36.5 Å². The molecule has 0 saturated heterocycles. The van der Waals surface area contributed by atoms with Gasteiger partial charge in [0, 0.05) is 12.8 Å². The van der Waals surface area contributed by atoms with Gasteiger partial charge in [-0.15, -0.1) is 0 Å². The van der Waals surface area contributed by atoms with Crippen molar-refractivity contribution in [1.82, 2.24) is 5.32 Å². The number of hydrogen-bond donors (Lipinski definition) is 1. The summed E-state index contributed by atoms with van der Waals surface area (Å²) in [7, 11) is 1.29. The van der Waals surface area contributed by atoms with Crippen molar-refractivity contribution in [3.05, 3.63) is 35.6 Å². The van der Waals surface area contributed by atoms with Crippen molar-refractivity contribution in [3.8, 4) is 0 Å². The number of nitrogens with one attached hydrogen (secondary N) is 1. The maximum Gasteiger partial charge on any atom is 0.328 e. The van der Waals surface area contributed by atoms with Crippen LogP contribution in [0, 0.1) is 11.7 Å². The number of ether oxygens (including phenoxy) is 1. The molecule has 0 aliphatic heterocycles. The first kappa shape index (κ1) is 16.5. The highest BCUT2D eigenvalue weighted by Gasteiger charge is 2.24. The number of halogens is 1. The second-order valence-electron chi connectivity index (χ2n) is 5.83. The summed E-state index contributed by atoms with van der Waals surface area (Å²) in [4.78, 5) is 23.9. The van der Waals surface area contributed by atoms with Gasteiger partial charge in [0.05, 0.1) is 7.11 Å². The molecular formula is C17H22FNO3. The van der Waals surface area contributed by atoms with Gasteiger partial charge in [-0.2, -0.15) is 0 Å². The third-order valence-electron chi connectivity index (χ3n) is 4.12. The SMILES string of the molecule is COC(=O)[C@H](Cc1ccc(F)cc1)NC(=O)CC1CCCC1. The Kier molecular flexibility index (Phi) is 5.92. The Morgan fingerprint density at radius 3 is 2.50 bits per heavy atom. The maximum absolute atomic E-state index is 12.9. The van der Waals surface area contributed by atoms with E-state index in [4.69, 9.17) is 4.74 Å². The van der Waals surface area contributed by atoms with E-state index in [9.17, 15) is 14.0 Å². The second kappa shape index (κ2) is 7.92. The molecule has 0 aromatic heterocycles. The van der Waals surface area contributed by atoms with Crippen LogP contribution >= 0.6 is 0 Å². The van der Waals surface area contributed by atoms with Gasteiger partial charge in [0.25, 0.3) is 0 Å². The maximum atomic E-state index is 12.9. The Balaban J connectivity index is 1.94. The molecule has 0 bridgehead atoms. The van der Waals surface area contributed by atoms with Crippen molar-refractivity contribution in [3.63, 3.8) is 0 Å². The zero-order chi connectivity index (χ0) is 15.9. The number of methoxy groups -OCH3 is 1. The van der Waals surface area contributed by atoms with Gasteiger partial charge in [-0.1, -0.05) is 25.0 Å². The highest BCUT2D eigenvalue weighted by molar-refractivity contribution is 5.84. The zero-order valence-electron chi connectivity index (χ0n) is 12.8. The first-order chi connectivity index (χ1) is 10.6. The molecular weight excluding hydrogens is 285 g/mol. The number of carbonyl (C=O) groups excluding carboxylic acids is 2. The number of hydrogen-bond acceptors (Lipinski definition) is 3. The molecule has 4 nitrogen and oxygen atoms in total. The van der Waals surface area contributed by atoms with Crippen LogP contribution in [0.1, 0.15) is 37.7 Å². The van der Waals surface area contributed by atoms with E-state index in [-0.39, 0.29) is 11.7 Å². The summed E-state index contributed by atoms with van der Waals surface area (Å²) in [5.74, 6) is -0.513. The third-order valence-corrected chi connectivity index (χ3v) is 4.12. The van der Waals surface area contributed by atoms with Crippen molar-refractivity contribution in [2.24, 2.45) is 5.92 Å². The normalized spacial score (nSPS) is 16.3. The minimum Gasteiger partial charge on any atom is -0.467 e. The van der Waals surface area contributed by atoms with Crippen LogP contribution in [0.15, 0.2) is 24.3 Å². The molecule has 0 heterocycles. The molecule has 1 aliphatic rings. The van der Waals surface area contributed by atoms with E-state index in [0.717, 1.165) is 18.4 Å². The van der Waals surface area contributed by atoms with Crippen molar-refractivity contribution in [1.29, 1.82) is 0 Å².